The summed E-state index contributed by atoms with van der Waals surface area (Å²) in [5, 5.41) is 10.8. The van der Waals surface area contributed by atoms with Gasteiger partial charge in [-0.15, -0.1) is 0 Å². The normalized spacial score (nSPS) is 27.4. The molecule has 1 aromatic heterocycles. The van der Waals surface area contributed by atoms with Gasteiger partial charge < -0.3 is 9.67 Å². The Hall–Kier alpha value is -1.61. The Morgan fingerprint density at radius 1 is 1.21 bits per heavy atom. The summed E-state index contributed by atoms with van der Waals surface area (Å²) in [7, 11) is 1.95. The molecule has 0 radical (unpaired) electrons. The number of nitrogens with zero attached hydrogens (tertiary/aromatic N) is 2. The van der Waals surface area contributed by atoms with E-state index in [1.165, 1.54) is 5.56 Å². The van der Waals surface area contributed by atoms with Crippen LogP contribution in [0.25, 0.3) is 0 Å². The van der Waals surface area contributed by atoms with E-state index < -0.39 is 5.60 Å². The second-order valence-electron chi connectivity index (χ2n) is 5.58. The summed E-state index contributed by atoms with van der Waals surface area (Å²) in [6.07, 6.45) is 7.28. The van der Waals surface area contributed by atoms with Gasteiger partial charge in [-0.2, -0.15) is 0 Å². The summed E-state index contributed by atoms with van der Waals surface area (Å²) in [6.45, 7) is 0. The Morgan fingerprint density at radius 3 is 2.47 bits per heavy atom. The fraction of sp³-hybridized carbons (Fsp3) is 0.438. The highest BCUT2D eigenvalue weighted by Gasteiger charge is 2.37. The maximum absolute atomic E-state index is 10.8. The van der Waals surface area contributed by atoms with Crippen LogP contribution in [0.3, 0.4) is 0 Å². The number of hydrogen-bond acceptors (Lipinski definition) is 2. The van der Waals surface area contributed by atoms with Gasteiger partial charge in [0.1, 0.15) is 11.4 Å². The van der Waals surface area contributed by atoms with Crippen LogP contribution in [-0.2, 0) is 12.6 Å². The van der Waals surface area contributed by atoms with Crippen molar-refractivity contribution in [2.75, 3.05) is 0 Å². The highest BCUT2D eigenvalue weighted by atomic mass is 16.3. The van der Waals surface area contributed by atoms with Gasteiger partial charge >= 0.3 is 0 Å². The van der Waals surface area contributed by atoms with Gasteiger partial charge in [0.25, 0.3) is 0 Å². The molecule has 19 heavy (non-hydrogen) atoms. The number of aliphatic hydroxyl groups is 1. The minimum Gasteiger partial charge on any atom is -0.382 e. The van der Waals surface area contributed by atoms with E-state index in [2.05, 4.69) is 35.3 Å². The third kappa shape index (κ3) is 2.30. The van der Waals surface area contributed by atoms with Crippen molar-refractivity contribution in [2.45, 2.75) is 37.2 Å². The highest BCUT2D eigenvalue weighted by Crippen LogP contribution is 2.42. The van der Waals surface area contributed by atoms with Gasteiger partial charge in [-0.1, -0.05) is 30.3 Å². The van der Waals surface area contributed by atoms with E-state index in [4.69, 9.17) is 0 Å². The van der Waals surface area contributed by atoms with Crippen LogP contribution in [0.1, 0.15) is 43.0 Å². The summed E-state index contributed by atoms with van der Waals surface area (Å²) in [5.41, 5.74) is 0.646. The molecule has 0 saturated heterocycles. The van der Waals surface area contributed by atoms with Crippen LogP contribution in [0.4, 0.5) is 0 Å². The Balaban J connectivity index is 1.75. The maximum Gasteiger partial charge on any atom is 0.140 e. The molecule has 0 spiro atoms. The number of rotatable bonds is 2. The van der Waals surface area contributed by atoms with Crippen molar-refractivity contribution >= 4 is 0 Å². The minimum absolute atomic E-state index is 0.571. The number of benzene rings is 1. The molecule has 0 atom stereocenters. The first-order valence-electron chi connectivity index (χ1n) is 6.94. The fourth-order valence-corrected chi connectivity index (χ4v) is 3.19. The van der Waals surface area contributed by atoms with Gasteiger partial charge in [-0.3, -0.25) is 0 Å². The summed E-state index contributed by atoms with van der Waals surface area (Å²) in [5.74, 6) is 1.38. The van der Waals surface area contributed by atoms with E-state index >= 15 is 0 Å². The molecule has 1 heterocycles. The van der Waals surface area contributed by atoms with Gasteiger partial charge in [-0.25, -0.2) is 4.98 Å². The predicted octanol–water partition coefficient (Wildman–Crippen LogP) is 2.97. The van der Waals surface area contributed by atoms with Crippen LogP contribution in [0.5, 0.6) is 0 Å². The van der Waals surface area contributed by atoms with Crippen molar-refractivity contribution in [3.63, 3.8) is 0 Å². The average molecular weight is 256 g/mol. The van der Waals surface area contributed by atoms with E-state index in [0.29, 0.717) is 5.92 Å². The molecule has 1 aliphatic rings. The Kier molecular flexibility index (Phi) is 3.15. The molecule has 3 nitrogen and oxygen atoms in total. The van der Waals surface area contributed by atoms with Gasteiger partial charge in [0.2, 0.25) is 0 Å². The molecular weight excluding hydrogens is 236 g/mol. The van der Waals surface area contributed by atoms with Gasteiger partial charge in [0.15, 0.2) is 0 Å². The van der Waals surface area contributed by atoms with Gasteiger partial charge in [0, 0.05) is 19.4 Å². The number of aryl methyl sites for hydroxylation is 1. The average Bonchev–Trinajstić information content (AvgIpc) is 2.88. The Labute approximate surface area is 113 Å². The first-order chi connectivity index (χ1) is 9.19. The quantitative estimate of drug-likeness (QED) is 0.897. The SMILES string of the molecule is Cn1ccnc1C1(O)CCC(c2ccccc2)CC1. The lowest BCUT2D eigenvalue weighted by Crippen LogP contribution is -2.33. The van der Waals surface area contributed by atoms with Crippen molar-refractivity contribution < 1.29 is 5.11 Å². The van der Waals surface area contributed by atoms with Crippen molar-refractivity contribution in [1.82, 2.24) is 9.55 Å². The standard InChI is InChI=1S/C16H20N2O/c1-18-12-11-17-15(18)16(19)9-7-14(8-10-16)13-5-3-2-4-6-13/h2-6,11-12,14,19H,7-10H2,1H3. The summed E-state index contributed by atoms with van der Waals surface area (Å²) in [4.78, 5) is 4.32. The second-order valence-corrected chi connectivity index (χ2v) is 5.58. The molecule has 100 valence electrons. The number of imidazole rings is 1. The van der Waals surface area contributed by atoms with E-state index in [1.807, 2.05) is 17.8 Å². The molecule has 1 fully saturated rings. The Bertz CT molecular complexity index is 539. The summed E-state index contributed by atoms with van der Waals surface area (Å²) >= 11 is 0. The van der Waals surface area contributed by atoms with Crippen LogP contribution in [0, 0.1) is 0 Å². The highest BCUT2D eigenvalue weighted by molar-refractivity contribution is 5.21. The van der Waals surface area contributed by atoms with Crippen LogP contribution in [0.15, 0.2) is 42.7 Å². The van der Waals surface area contributed by atoms with E-state index in [9.17, 15) is 5.11 Å². The van der Waals surface area contributed by atoms with Crippen LogP contribution in [-0.4, -0.2) is 14.7 Å². The Morgan fingerprint density at radius 2 is 1.89 bits per heavy atom. The van der Waals surface area contributed by atoms with E-state index in [1.54, 1.807) is 6.20 Å². The third-order valence-corrected chi connectivity index (χ3v) is 4.32. The molecule has 0 bridgehead atoms. The first-order valence-corrected chi connectivity index (χ1v) is 6.94. The van der Waals surface area contributed by atoms with E-state index in [0.717, 1.165) is 31.5 Å². The van der Waals surface area contributed by atoms with Gasteiger partial charge in [0.05, 0.1) is 0 Å². The molecule has 2 aromatic rings. The molecule has 1 aromatic carbocycles. The third-order valence-electron chi connectivity index (χ3n) is 4.32. The zero-order chi connectivity index (χ0) is 13.3. The maximum atomic E-state index is 10.8. The topological polar surface area (TPSA) is 38.0 Å². The number of aromatic nitrogens is 2. The lowest BCUT2D eigenvalue weighted by atomic mass is 9.75. The lowest BCUT2D eigenvalue weighted by molar-refractivity contribution is -0.0160. The minimum atomic E-state index is -0.746. The number of hydrogen-bond donors (Lipinski definition) is 1. The van der Waals surface area contributed by atoms with Crippen LogP contribution >= 0.6 is 0 Å². The molecule has 0 unspecified atom stereocenters. The molecule has 0 amide bonds. The zero-order valence-corrected chi connectivity index (χ0v) is 11.3. The lowest BCUT2D eigenvalue weighted by Gasteiger charge is -2.35. The van der Waals surface area contributed by atoms with Crippen molar-refractivity contribution in [1.29, 1.82) is 0 Å². The predicted molar refractivity (Wildman–Crippen MR) is 74.8 cm³/mol. The molecule has 3 rings (SSSR count). The van der Waals surface area contributed by atoms with Gasteiger partial charge in [-0.05, 0) is 37.2 Å². The van der Waals surface area contributed by atoms with Crippen LogP contribution in [0.2, 0.25) is 0 Å². The molecule has 1 saturated carbocycles. The molecule has 1 aliphatic carbocycles. The van der Waals surface area contributed by atoms with Crippen molar-refractivity contribution in [2.24, 2.45) is 7.05 Å². The molecule has 1 N–H and O–H groups in total. The smallest absolute Gasteiger partial charge is 0.140 e. The zero-order valence-electron chi connectivity index (χ0n) is 11.3. The second kappa shape index (κ2) is 4.82. The van der Waals surface area contributed by atoms with Crippen molar-refractivity contribution in [3.8, 4) is 0 Å². The molecule has 0 aliphatic heterocycles. The van der Waals surface area contributed by atoms with Crippen molar-refractivity contribution in [3.05, 3.63) is 54.1 Å². The summed E-state index contributed by atoms with van der Waals surface area (Å²) < 4.78 is 1.93. The van der Waals surface area contributed by atoms with Crippen LogP contribution < -0.4 is 0 Å². The fourth-order valence-electron chi connectivity index (χ4n) is 3.19. The largest absolute Gasteiger partial charge is 0.382 e. The summed E-state index contributed by atoms with van der Waals surface area (Å²) in [6, 6.07) is 10.6. The molecule has 3 heteroatoms. The molecular formula is C16H20N2O. The van der Waals surface area contributed by atoms with E-state index in [-0.39, 0.29) is 0 Å². The monoisotopic (exact) mass is 256 g/mol. The first kappa shape index (κ1) is 12.4.